The average molecular weight is 314 g/mol. The largest absolute Gasteiger partial charge is 0.451 e. The van der Waals surface area contributed by atoms with Gasteiger partial charge in [-0.15, -0.1) is 21.5 Å². The van der Waals surface area contributed by atoms with Gasteiger partial charge in [0, 0.05) is 13.1 Å². The smallest absolute Gasteiger partial charge is 0.397 e. The van der Waals surface area contributed by atoms with Crippen LogP contribution in [0.15, 0.2) is 6.07 Å². The van der Waals surface area contributed by atoms with E-state index >= 15 is 0 Å². The molecule has 0 saturated heterocycles. The van der Waals surface area contributed by atoms with Gasteiger partial charge in [0.1, 0.15) is 10.9 Å². The molecule has 0 unspecified atom stereocenters. The first-order chi connectivity index (χ1) is 9.90. The van der Waals surface area contributed by atoms with E-state index in [2.05, 4.69) is 10.2 Å². The monoisotopic (exact) mass is 314 g/mol. The quantitative estimate of drug-likeness (QED) is 0.868. The number of halogens is 3. The van der Waals surface area contributed by atoms with Gasteiger partial charge in [0.25, 0.3) is 0 Å². The molecule has 110 valence electrons. The molecule has 10 heteroatoms. The highest BCUT2D eigenvalue weighted by Gasteiger charge is 2.39. The number of hydrogen-bond donors (Lipinski definition) is 1. The Morgan fingerprint density at radius 2 is 2.10 bits per heavy atom. The molecule has 21 heavy (non-hydrogen) atoms. The Labute approximate surface area is 121 Å². The van der Waals surface area contributed by atoms with Gasteiger partial charge in [0.15, 0.2) is 5.82 Å². The number of alkyl halides is 3. The lowest BCUT2D eigenvalue weighted by atomic mass is 10.3. The molecule has 0 saturated carbocycles. The van der Waals surface area contributed by atoms with E-state index in [9.17, 15) is 13.2 Å². The molecule has 6 nitrogen and oxygen atoms in total. The molecule has 1 aliphatic rings. The maximum absolute atomic E-state index is 12.7. The van der Waals surface area contributed by atoms with E-state index in [-0.39, 0.29) is 18.9 Å². The van der Waals surface area contributed by atoms with E-state index in [4.69, 9.17) is 11.0 Å². The number of hydrogen-bond acceptors (Lipinski definition) is 6. The number of thiophene rings is 1. The average Bonchev–Trinajstić information content (AvgIpc) is 3.00. The summed E-state index contributed by atoms with van der Waals surface area (Å²) >= 11 is 1.21. The summed E-state index contributed by atoms with van der Waals surface area (Å²) in [5.74, 6) is -0.723. The van der Waals surface area contributed by atoms with Crippen LogP contribution >= 0.6 is 11.3 Å². The summed E-state index contributed by atoms with van der Waals surface area (Å²) in [6.45, 7) is 0.712. The van der Waals surface area contributed by atoms with E-state index in [1.165, 1.54) is 11.3 Å². The predicted molar refractivity (Wildman–Crippen MR) is 69.5 cm³/mol. The molecule has 0 spiro atoms. The van der Waals surface area contributed by atoms with E-state index in [0.29, 0.717) is 17.1 Å². The minimum atomic E-state index is -4.51. The fourth-order valence-corrected chi connectivity index (χ4v) is 3.09. The molecule has 2 N–H and O–H groups in total. The fourth-order valence-electron chi connectivity index (χ4n) is 2.19. The summed E-state index contributed by atoms with van der Waals surface area (Å²) in [6.07, 6.45) is -4.51. The Balaban J connectivity index is 1.88. The van der Waals surface area contributed by atoms with Crippen molar-refractivity contribution in [1.29, 1.82) is 5.26 Å². The molecule has 1 aliphatic heterocycles. The molecule has 0 amide bonds. The van der Waals surface area contributed by atoms with Gasteiger partial charge in [0.2, 0.25) is 5.82 Å². The van der Waals surface area contributed by atoms with E-state index in [0.717, 1.165) is 9.57 Å². The summed E-state index contributed by atoms with van der Waals surface area (Å²) in [6, 6.07) is 3.64. The van der Waals surface area contributed by atoms with Crippen molar-refractivity contribution >= 4 is 22.0 Å². The third-order valence-corrected chi connectivity index (χ3v) is 4.28. The van der Waals surface area contributed by atoms with Crippen molar-refractivity contribution in [2.45, 2.75) is 19.3 Å². The number of nitrogens with two attached hydrogens (primary N) is 1. The zero-order chi connectivity index (χ0) is 15.2. The van der Waals surface area contributed by atoms with Gasteiger partial charge in [-0.25, -0.2) is 0 Å². The highest BCUT2D eigenvalue weighted by Crippen LogP contribution is 2.35. The summed E-state index contributed by atoms with van der Waals surface area (Å²) in [5, 5.41) is 16.5. The predicted octanol–water partition coefficient (Wildman–Crippen LogP) is 1.83. The molecule has 3 heterocycles. The van der Waals surface area contributed by atoms with Gasteiger partial charge in [-0.05, 0) is 6.07 Å². The van der Waals surface area contributed by atoms with Crippen LogP contribution in [-0.4, -0.2) is 21.3 Å². The van der Waals surface area contributed by atoms with Crippen molar-refractivity contribution in [3.63, 3.8) is 0 Å². The first-order valence-corrected chi connectivity index (χ1v) is 6.75. The number of aromatic nitrogens is 3. The van der Waals surface area contributed by atoms with Crippen LogP contribution in [0.25, 0.3) is 0 Å². The molecule has 0 fully saturated rings. The highest BCUT2D eigenvalue weighted by atomic mass is 32.1. The summed E-state index contributed by atoms with van der Waals surface area (Å²) < 4.78 is 39.3. The minimum Gasteiger partial charge on any atom is -0.397 e. The third kappa shape index (κ3) is 2.29. The second kappa shape index (κ2) is 4.63. The molecule has 3 rings (SSSR count). The van der Waals surface area contributed by atoms with Crippen LogP contribution in [0, 0.1) is 11.3 Å². The van der Waals surface area contributed by atoms with Crippen LogP contribution in [0.1, 0.15) is 16.5 Å². The lowest BCUT2D eigenvalue weighted by molar-refractivity contribution is -0.147. The summed E-state index contributed by atoms with van der Waals surface area (Å²) in [7, 11) is 0. The van der Waals surface area contributed by atoms with Gasteiger partial charge in [-0.3, -0.25) is 0 Å². The topological polar surface area (TPSA) is 83.8 Å². The van der Waals surface area contributed by atoms with Gasteiger partial charge < -0.3 is 15.2 Å². The van der Waals surface area contributed by atoms with Gasteiger partial charge in [0.05, 0.1) is 17.2 Å². The molecule has 0 bridgehead atoms. The molecule has 2 aromatic heterocycles. The van der Waals surface area contributed by atoms with Crippen LogP contribution in [0.2, 0.25) is 0 Å². The molecular weight excluding hydrogens is 305 g/mol. The first-order valence-electron chi connectivity index (χ1n) is 5.94. The Morgan fingerprint density at radius 1 is 1.33 bits per heavy atom. The van der Waals surface area contributed by atoms with Gasteiger partial charge in [-0.2, -0.15) is 18.4 Å². The molecule has 2 aromatic rings. The second-order valence-electron chi connectivity index (χ2n) is 4.49. The summed E-state index contributed by atoms with van der Waals surface area (Å²) in [4.78, 5) is 2.24. The maximum atomic E-state index is 12.7. The number of nitriles is 1. The number of nitrogens with zero attached hydrogens (tertiary/aromatic N) is 5. The fraction of sp³-hybridized carbons (Fsp3) is 0.364. The van der Waals surface area contributed by atoms with Gasteiger partial charge >= 0.3 is 6.18 Å². The zero-order valence-electron chi connectivity index (χ0n) is 10.6. The van der Waals surface area contributed by atoms with Gasteiger partial charge in [-0.1, -0.05) is 0 Å². The molecule has 0 atom stereocenters. The zero-order valence-corrected chi connectivity index (χ0v) is 11.4. The minimum absolute atomic E-state index is 0.136. The Kier molecular flexibility index (Phi) is 3.02. The van der Waals surface area contributed by atoms with Crippen molar-refractivity contribution < 1.29 is 13.2 Å². The van der Waals surface area contributed by atoms with Crippen LogP contribution < -0.4 is 10.6 Å². The van der Waals surface area contributed by atoms with E-state index < -0.39 is 12.0 Å². The lowest BCUT2D eigenvalue weighted by Gasteiger charge is -2.28. The molecular formula is C11H9F3N6S. The van der Waals surface area contributed by atoms with E-state index in [1.807, 2.05) is 11.0 Å². The molecule has 0 aromatic carbocycles. The standard InChI is InChI=1S/C11H9F3N6S/c12-11(13,14)10-18-17-8-5-19(1-2-20(8)10)9-3-6(16)7(4-15)21-9/h3H,1-2,5,16H2. The van der Waals surface area contributed by atoms with Crippen LogP contribution in [0.4, 0.5) is 23.9 Å². The Morgan fingerprint density at radius 3 is 2.71 bits per heavy atom. The lowest BCUT2D eigenvalue weighted by Crippen LogP contribution is -2.34. The molecule has 0 aliphatic carbocycles. The van der Waals surface area contributed by atoms with Crippen molar-refractivity contribution in [2.24, 2.45) is 0 Å². The first kappa shape index (κ1) is 13.7. The SMILES string of the molecule is N#Cc1sc(N2CCn3c(nnc3C(F)(F)F)C2)cc1N. The highest BCUT2D eigenvalue weighted by molar-refractivity contribution is 7.17. The van der Waals surface area contributed by atoms with Crippen LogP contribution in [0.5, 0.6) is 0 Å². The van der Waals surface area contributed by atoms with Crippen molar-refractivity contribution in [3.05, 3.63) is 22.6 Å². The van der Waals surface area contributed by atoms with Crippen molar-refractivity contribution in [3.8, 4) is 6.07 Å². The number of rotatable bonds is 1. The van der Waals surface area contributed by atoms with Crippen LogP contribution in [0.3, 0.4) is 0 Å². The second-order valence-corrected chi connectivity index (χ2v) is 5.52. The normalized spacial score (nSPS) is 14.9. The maximum Gasteiger partial charge on any atom is 0.451 e. The van der Waals surface area contributed by atoms with Crippen molar-refractivity contribution in [1.82, 2.24) is 14.8 Å². The Bertz CT molecular complexity index is 725. The third-order valence-electron chi connectivity index (χ3n) is 3.17. The van der Waals surface area contributed by atoms with E-state index in [1.54, 1.807) is 6.07 Å². The summed E-state index contributed by atoms with van der Waals surface area (Å²) in [5.41, 5.74) is 6.07. The van der Waals surface area contributed by atoms with Crippen molar-refractivity contribution in [2.75, 3.05) is 17.2 Å². The van der Waals surface area contributed by atoms with Crippen LogP contribution in [-0.2, 0) is 19.3 Å². The Hall–Kier alpha value is -2.28. The molecule has 0 radical (unpaired) electrons. The number of anilines is 2. The number of nitrogen functional groups attached to an aromatic ring is 1. The number of fused-ring (bicyclic) bond motifs is 1.